The Balaban J connectivity index is 1.98. The molecule has 0 saturated carbocycles. The Hall–Kier alpha value is -1.36. The van der Waals surface area contributed by atoms with E-state index < -0.39 is 0 Å². The van der Waals surface area contributed by atoms with Gasteiger partial charge in [-0.3, -0.25) is 0 Å². The van der Waals surface area contributed by atoms with Crippen molar-refractivity contribution in [1.82, 2.24) is 9.97 Å². The molecule has 1 atom stereocenters. The summed E-state index contributed by atoms with van der Waals surface area (Å²) in [7, 11) is 0. The Morgan fingerprint density at radius 1 is 1.47 bits per heavy atom. The van der Waals surface area contributed by atoms with Gasteiger partial charge in [-0.25, -0.2) is 9.97 Å². The summed E-state index contributed by atoms with van der Waals surface area (Å²) in [6, 6.07) is 0. The molecule has 0 aromatic carbocycles. The third kappa shape index (κ3) is 2.36. The van der Waals surface area contributed by atoms with E-state index in [0.29, 0.717) is 11.7 Å². The Labute approximate surface area is 88.9 Å². The van der Waals surface area contributed by atoms with E-state index in [1.165, 1.54) is 0 Å². The normalized spacial score (nSPS) is 20.9. The van der Waals surface area contributed by atoms with E-state index in [2.05, 4.69) is 14.9 Å². The lowest BCUT2D eigenvalue weighted by molar-refractivity contribution is 0.263. The monoisotopic (exact) mass is 208 g/mol. The topological polar surface area (TPSA) is 75.3 Å². The lowest BCUT2D eigenvalue weighted by Crippen LogP contribution is -2.21. The van der Waals surface area contributed by atoms with Crippen LogP contribution in [-0.4, -0.2) is 34.8 Å². The molecule has 1 aromatic heterocycles. The van der Waals surface area contributed by atoms with Gasteiger partial charge in [0, 0.05) is 19.7 Å². The summed E-state index contributed by atoms with van der Waals surface area (Å²) in [5.74, 6) is 1.91. The molecule has 1 unspecified atom stereocenters. The predicted molar refractivity (Wildman–Crippen MR) is 58.5 cm³/mol. The van der Waals surface area contributed by atoms with E-state index >= 15 is 0 Å². The van der Waals surface area contributed by atoms with Gasteiger partial charge in [0.15, 0.2) is 0 Å². The van der Waals surface area contributed by atoms with Crippen LogP contribution in [0.3, 0.4) is 0 Å². The highest BCUT2D eigenvalue weighted by molar-refractivity contribution is 5.40. The Morgan fingerprint density at radius 2 is 2.33 bits per heavy atom. The van der Waals surface area contributed by atoms with Crippen LogP contribution in [0.1, 0.15) is 12.8 Å². The number of hydrogen-bond donors (Lipinski definition) is 2. The molecule has 0 amide bonds. The number of aromatic nitrogens is 2. The molecule has 1 saturated heterocycles. The Kier molecular flexibility index (Phi) is 3.01. The number of hydrogen-bond acceptors (Lipinski definition) is 5. The minimum absolute atomic E-state index is 0.270. The zero-order chi connectivity index (χ0) is 10.7. The van der Waals surface area contributed by atoms with Crippen LogP contribution in [0.5, 0.6) is 0 Å². The fraction of sp³-hybridized carbons (Fsp3) is 0.600. The zero-order valence-electron chi connectivity index (χ0n) is 8.63. The van der Waals surface area contributed by atoms with Gasteiger partial charge in [0.2, 0.25) is 0 Å². The second-order valence-electron chi connectivity index (χ2n) is 3.91. The van der Waals surface area contributed by atoms with E-state index in [1.54, 1.807) is 12.4 Å². The van der Waals surface area contributed by atoms with Crippen LogP contribution in [-0.2, 0) is 0 Å². The summed E-state index contributed by atoms with van der Waals surface area (Å²) in [4.78, 5) is 10.4. The highest BCUT2D eigenvalue weighted by Gasteiger charge is 2.22. The van der Waals surface area contributed by atoms with Crippen molar-refractivity contribution in [3.63, 3.8) is 0 Å². The minimum atomic E-state index is 0.270. The lowest BCUT2D eigenvalue weighted by atomic mass is 10.1. The standard InChI is InChI=1S/C10H16N4O/c11-9-5-13-10(6-12-9)14-3-1-8(7-14)2-4-15/h5-6,8,15H,1-4,7H2,(H2,11,12). The quantitative estimate of drug-likeness (QED) is 0.745. The minimum Gasteiger partial charge on any atom is -0.396 e. The van der Waals surface area contributed by atoms with Crippen molar-refractivity contribution in [3.8, 4) is 0 Å². The van der Waals surface area contributed by atoms with Gasteiger partial charge in [-0.05, 0) is 18.8 Å². The van der Waals surface area contributed by atoms with Crippen molar-refractivity contribution >= 4 is 11.6 Å². The van der Waals surface area contributed by atoms with Gasteiger partial charge >= 0.3 is 0 Å². The maximum absolute atomic E-state index is 8.86. The molecule has 2 rings (SSSR count). The van der Waals surface area contributed by atoms with Gasteiger partial charge in [0.25, 0.3) is 0 Å². The molecule has 5 heteroatoms. The van der Waals surface area contributed by atoms with Gasteiger partial charge in [-0.2, -0.15) is 0 Å². The van der Waals surface area contributed by atoms with Crippen LogP contribution in [0.15, 0.2) is 12.4 Å². The smallest absolute Gasteiger partial charge is 0.147 e. The Bertz CT molecular complexity index is 314. The summed E-state index contributed by atoms with van der Waals surface area (Å²) in [5, 5.41) is 8.86. The third-order valence-corrected chi connectivity index (χ3v) is 2.81. The van der Waals surface area contributed by atoms with Gasteiger partial charge in [-0.1, -0.05) is 0 Å². The first-order valence-corrected chi connectivity index (χ1v) is 5.23. The van der Waals surface area contributed by atoms with Crippen LogP contribution < -0.4 is 10.6 Å². The van der Waals surface area contributed by atoms with Crippen molar-refractivity contribution < 1.29 is 5.11 Å². The molecule has 0 bridgehead atoms. The SMILES string of the molecule is Nc1cnc(N2CCC(CCO)C2)cn1. The van der Waals surface area contributed by atoms with Crippen LogP contribution in [0.2, 0.25) is 0 Å². The highest BCUT2D eigenvalue weighted by atomic mass is 16.3. The first-order chi connectivity index (χ1) is 7.29. The van der Waals surface area contributed by atoms with E-state index in [1.807, 2.05) is 0 Å². The maximum Gasteiger partial charge on any atom is 0.147 e. The van der Waals surface area contributed by atoms with Crippen molar-refractivity contribution in [1.29, 1.82) is 0 Å². The summed E-state index contributed by atoms with van der Waals surface area (Å²) < 4.78 is 0. The number of rotatable bonds is 3. The summed E-state index contributed by atoms with van der Waals surface area (Å²) >= 11 is 0. The van der Waals surface area contributed by atoms with Crippen molar-refractivity contribution in [2.75, 3.05) is 30.3 Å². The molecule has 1 fully saturated rings. The van der Waals surface area contributed by atoms with Gasteiger partial charge in [-0.15, -0.1) is 0 Å². The maximum atomic E-state index is 8.86. The zero-order valence-corrected chi connectivity index (χ0v) is 8.63. The third-order valence-electron chi connectivity index (χ3n) is 2.81. The molecular weight excluding hydrogens is 192 g/mol. The molecule has 1 aromatic rings. The fourth-order valence-electron chi connectivity index (χ4n) is 1.95. The average molecular weight is 208 g/mol. The van der Waals surface area contributed by atoms with Crippen LogP contribution in [0, 0.1) is 5.92 Å². The fourth-order valence-corrected chi connectivity index (χ4v) is 1.95. The van der Waals surface area contributed by atoms with Crippen molar-refractivity contribution in [2.45, 2.75) is 12.8 Å². The summed E-state index contributed by atoms with van der Waals surface area (Å²) in [6.45, 7) is 2.22. The van der Waals surface area contributed by atoms with Crippen molar-refractivity contribution in [2.24, 2.45) is 5.92 Å². The number of nitrogen functional groups attached to an aromatic ring is 1. The van der Waals surface area contributed by atoms with Gasteiger partial charge < -0.3 is 15.7 Å². The second kappa shape index (κ2) is 4.44. The first-order valence-electron chi connectivity index (χ1n) is 5.23. The molecule has 2 heterocycles. The molecule has 0 aliphatic carbocycles. The van der Waals surface area contributed by atoms with Gasteiger partial charge in [0.1, 0.15) is 11.6 Å². The summed E-state index contributed by atoms with van der Waals surface area (Å²) in [6.07, 6.45) is 5.27. The molecule has 15 heavy (non-hydrogen) atoms. The lowest BCUT2D eigenvalue weighted by Gasteiger charge is -2.16. The second-order valence-corrected chi connectivity index (χ2v) is 3.91. The van der Waals surface area contributed by atoms with Crippen LogP contribution in [0.4, 0.5) is 11.6 Å². The number of aliphatic hydroxyl groups is 1. The predicted octanol–water partition coefficient (Wildman–Crippen LogP) is 0.267. The number of anilines is 2. The number of aliphatic hydroxyl groups excluding tert-OH is 1. The average Bonchev–Trinajstić information content (AvgIpc) is 2.68. The van der Waals surface area contributed by atoms with E-state index in [-0.39, 0.29) is 6.61 Å². The van der Waals surface area contributed by atoms with E-state index in [0.717, 1.165) is 31.7 Å². The summed E-state index contributed by atoms with van der Waals surface area (Å²) in [5.41, 5.74) is 5.48. The molecule has 3 N–H and O–H groups in total. The molecule has 0 spiro atoms. The van der Waals surface area contributed by atoms with Crippen molar-refractivity contribution in [3.05, 3.63) is 12.4 Å². The number of nitrogens with two attached hydrogens (primary N) is 1. The van der Waals surface area contributed by atoms with Crippen LogP contribution in [0.25, 0.3) is 0 Å². The molecule has 5 nitrogen and oxygen atoms in total. The van der Waals surface area contributed by atoms with E-state index in [4.69, 9.17) is 10.8 Å². The van der Waals surface area contributed by atoms with Crippen LogP contribution >= 0.6 is 0 Å². The molecular formula is C10H16N4O. The molecule has 1 aliphatic rings. The first kappa shape index (κ1) is 10.2. The molecule has 82 valence electrons. The largest absolute Gasteiger partial charge is 0.396 e. The van der Waals surface area contributed by atoms with Gasteiger partial charge in [0.05, 0.1) is 12.4 Å². The number of nitrogens with zero attached hydrogens (tertiary/aromatic N) is 3. The Morgan fingerprint density at radius 3 is 3.00 bits per heavy atom. The highest BCUT2D eigenvalue weighted by Crippen LogP contribution is 2.23. The van der Waals surface area contributed by atoms with E-state index in [9.17, 15) is 0 Å². The molecule has 1 aliphatic heterocycles. The molecule has 0 radical (unpaired) electrons.